The summed E-state index contributed by atoms with van der Waals surface area (Å²) in [6, 6.07) is 7.14. The van der Waals surface area contributed by atoms with Gasteiger partial charge in [0, 0.05) is 32.1 Å². The van der Waals surface area contributed by atoms with E-state index in [-0.39, 0.29) is 11.9 Å². The number of carbonyl (C=O) groups excluding carboxylic acids is 1. The van der Waals surface area contributed by atoms with Crippen LogP contribution in [0, 0.1) is 5.92 Å². The number of aromatic nitrogens is 2. The van der Waals surface area contributed by atoms with Gasteiger partial charge in [-0.15, -0.1) is 5.10 Å². The third-order valence-corrected chi connectivity index (χ3v) is 4.48. The molecule has 0 aliphatic heterocycles. The molecule has 0 bridgehead atoms. The van der Waals surface area contributed by atoms with Crippen molar-refractivity contribution in [2.24, 2.45) is 13.0 Å². The monoisotopic (exact) mass is 389 g/mol. The highest BCUT2D eigenvalue weighted by atomic mass is 35.5. The molecule has 1 aromatic carbocycles. The lowest BCUT2D eigenvalue weighted by molar-refractivity contribution is -0.119. The zero-order valence-corrected chi connectivity index (χ0v) is 16.5. The van der Waals surface area contributed by atoms with Crippen molar-refractivity contribution in [2.75, 3.05) is 6.61 Å². The molecule has 0 radical (unpaired) electrons. The molecular weight excluding hydrogens is 366 g/mol. The second-order valence-corrected chi connectivity index (χ2v) is 7.24. The number of carbonyl (C=O) groups is 1. The van der Waals surface area contributed by atoms with Gasteiger partial charge in [0.25, 0.3) is 0 Å². The van der Waals surface area contributed by atoms with Crippen LogP contribution in [0.25, 0.3) is 6.08 Å². The topological polar surface area (TPSA) is 65.4 Å². The lowest BCUT2D eigenvalue weighted by Crippen LogP contribution is -2.28. The minimum Gasteiger partial charge on any atom is -0.493 e. The van der Waals surface area contributed by atoms with Gasteiger partial charge in [-0.25, -0.2) is 0 Å². The minimum atomic E-state index is -0.0700. The van der Waals surface area contributed by atoms with Crippen LogP contribution in [-0.2, 0) is 11.8 Å². The summed E-state index contributed by atoms with van der Waals surface area (Å²) in [5.41, 5.74) is 0.850. The Labute approximate surface area is 164 Å². The fourth-order valence-corrected chi connectivity index (χ4v) is 2.75. The summed E-state index contributed by atoms with van der Waals surface area (Å²) in [7, 11) is 1.83. The van der Waals surface area contributed by atoms with Gasteiger partial charge < -0.3 is 14.8 Å². The van der Waals surface area contributed by atoms with Gasteiger partial charge in [0.15, 0.2) is 0 Å². The quantitative estimate of drug-likeness (QED) is 0.735. The molecule has 0 unspecified atom stereocenters. The molecule has 1 N–H and O–H groups in total. The van der Waals surface area contributed by atoms with Crippen molar-refractivity contribution in [1.29, 1.82) is 0 Å². The highest BCUT2D eigenvalue weighted by Crippen LogP contribution is 2.34. The van der Waals surface area contributed by atoms with E-state index in [0.29, 0.717) is 22.6 Å². The number of benzene rings is 1. The zero-order chi connectivity index (χ0) is 19.4. The van der Waals surface area contributed by atoms with E-state index >= 15 is 0 Å². The highest BCUT2D eigenvalue weighted by Gasteiger charge is 2.22. The van der Waals surface area contributed by atoms with Crippen LogP contribution >= 0.6 is 11.6 Å². The number of ether oxygens (including phenoxy) is 2. The molecule has 7 heteroatoms. The number of hydrogen-bond donors (Lipinski definition) is 1. The Morgan fingerprint density at radius 1 is 1.44 bits per heavy atom. The van der Waals surface area contributed by atoms with Gasteiger partial charge in [-0.2, -0.15) is 0 Å². The first-order valence-corrected chi connectivity index (χ1v) is 9.38. The van der Waals surface area contributed by atoms with E-state index in [1.165, 1.54) is 19.8 Å². The molecule has 1 fully saturated rings. The molecule has 1 aromatic heterocycles. The Hall–Kier alpha value is -2.47. The number of amides is 1. The highest BCUT2D eigenvalue weighted by molar-refractivity contribution is 6.32. The molecule has 3 rings (SSSR count). The maximum Gasteiger partial charge on any atom is 0.238 e. The number of aryl methyl sites for hydroxylation is 1. The summed E-state index contributed by atoms with van der Waals surface area (Å²) < 4.78 is 13.2. The SMILES string of the molecule is CC(=O)N[C@@H](C)/C=C/c1cc(Oc2ccc(OCC3CC3)cc2Cl)nn1C. The molecule has 1 amide bonds. The molecule has 1 aliphatic carbocycles. The summed E-state index contributed by atoms with van der Waals surface area (Å²) >= 11 is 6.31. The Morgan fingerprint density at radius 2 is 2.22 bits per heavy atom. The predicted octanol–water partition coefficient (Wildman–Crippen LogP) is 4.19. The molecule has 1 atom stereocenters. The van der Waals surface area contributed by atoms with Gasteiger partial charge in [-0.05, 0) is 43.9 Å². The van der Waals surface area contributed by atoms with Crippen LogP contribution in [-0.4, -0.2) is 28.3 Å². The fourth-order valence-electron chi connectivity index (χ4n) is 2.54. The zero-order valence-electron chi connectivity index (χ0n) is 15.7. The van der Waals surface area contributed by atoms with Crippen LogP contribution in [0.15, 0.2) is 30.3 Å². The lowest BCUT2D eigenvalue weighted by atomic mass is 10.2. The van der Waals surface area contributed by atoms with Crippen molar-refractivity contribution in [3.8, 4) is 17.4 Å². The predicted molar refractivity (Wildman–Crippen MR) is 105 cm³/mol. The maximum atomic E-state index is 11.1. The second kappa shape index (κ2) is 8.48. The van der Waals surface area contributed by atoms with E-state index in [1.54, 1.807) is 16.8 Å². The number of halogens is 1. The molecule has 0 spiro atoms. The molecule has 6 nitrogen and oxygen atoms in total. The van der Waals surface area contributed by atoms with Gasteiger partial charge in [0.1, 0.15) is 11.5 Å². The maximum absolute atomic E-state index is 11.1. The Balaban J connectivity index is 1.63. The smallest absolute Gasteiger partial charge is 0.238 e. The van der Waals surface area contributed by atoms with Crippen LogP contribution in [0.4, 0.5) is 0 Å². The Kier molecular flexibility index (Phi) is 6.06. The summed E-state index contributed by atoms with van der Waals surface area (Å²) in [5, 5.41) is 7.62. The van der Waals surface area contributed by atoms with Crippen molar-refractivity contribution < 1.29 is 14.3 Å². The second-order valence-electron chi connectivity index (χ2n) is 6.83. The average molecular weight is 390 g/mol. The molecule has 0 saturated heterocycles. The third-order valence-electron chi connectivity index (χ3n) is 4.18. The summed E-state index contributed by atoms with van der Waals surface area (Å²) in [5.74, 6) is 2.33. The molecule has 1 saturated carbocycles. The standard InChI is InChI=1S/C20H24ClN3O3/c1-13(22-14(2)25)4-7-16-10-20(23-24(16)3)27-19-9-8-17(11-18(19)21)26-12-15-5-6-15/h4,7-11,13,15H,5-6,12H2,1-3H3,(H,22,25)/b7-4+/t13-/m0/s1. The van der Waals surface area contributed by atoms with E-state index in [2.05, 4.69) is 10.4 Å². The lowest BCUT2D eigenvalue weighted by Gasteiger charge is -2.08. The van der Waals surface area contributed by atoms with Crippen LogP contribution in [0.1, 0.15) is 32.4 Å². The molecule has 1 heterocycles. The molecule has 2 aromatic rings. The van der Waals surface area contributed by atoms with E-state index in [4.69, 9.17) is 21.1 Å². The van der Waals surface area contributed by atoms with Crippen LogP contribution in [0.3, 0.4) is 0 Å². The van der Waals surface area contributed by atoms with Crippen LogP contribution in [0.5, 0.6) is 17.4 Å². The van der Waals surface area contributed by atoms with Gasteiger partial charge >= 0.3 is 0 Å². The van der Waals surface area contributed by atoms with Crippen LogP contribution < -0.4 is 14.8 Å². The Bertz CT molecular complexity index is 843. The first kappa shape index (κ1) is 19.3. The van der Waals surface area contributed by atoms with E-state index in [0.717, 1.165) is 18.1 Å². The third kappa shape index (κ3) is 5.76. The first-order chi connectivity index (χ1) is 12.9. The summed E-state index contributed by atoms with van der Waals surface area (Å²) in [6.07, 6.45) is 6.27. The minimum absolute atomic E-state index is 0.0691. The summed E-state index contributed by atoms with van der Waals surface area (Å²) in [6.45, 7) is 4.13. The Morgan fingerprint density at radius 3 is 2.89 bits per heavy atom. The largest absolute Gasteiger partial charge is 0.493 e. The summed E-state index contributed by atoms with van der Waals surface area (Å²) in [4.78, 5) is 11.1. The fraction of sp³-hybridized carbons (Fsp3) is 0.400. The normalized spacial score (nSPS) is 15.0. The molecule has 27 heavy (non-hydrogen) atoms. The number of nitrogens with one attached hydrogen (secondary N) is 1. The van der Waals surface area contributed by atoms with Crippen molar-refractivity contribution in [1.82, 2.24) is 15.1 Å². The average Bonchev–Trinajstić information content (AvgIpc) is 3.36. The van der Waals surface area contributed by atoms with E-state index in [1.807, 2.05) is 38.3 Å². The van der Waals surface area contributed by atoms with Gasteiger partial charge in [0.2, 0.25) is 11.8 Å². The van der Waals surface area contributed by atoms with E-state index < -0.39 is 0 Å². The molecule has 1 aliphatic rings. The van der Waals surface area contributed by atoms with Crippen molar-refractivity contribution in [3.63, 3.8) is 0 Å². The van der Waals surface area contributed by atoms with Gasteiger partial charge in [0.05, 0.1) is 17.3 Å². The van der Waals surface area contributed by atoms with E-state index in [9.17, 15) is 4.79 Å². The van der Waals surface area contributed by atoms with Gasteiger partial charge in [-0.3, -0.25) is 9.48 Å². The van der Waals surface area contributed by atoms with Gasteiger partial charge in [-0.1, -0.05) is 17.7 Å². The number of nitrogens with zero attached hydrogens (tertiary/aromatic N) is 2. The van der Waals surface area contributed by atoms with Crippen molar-refractivity contribution >= 4 is 23.6 Å². The van der Waals surface area contributed by atoms with Crippen molar-refractivity contribution in [2.45, 2.75) is 32.7 Å². The molecule has 144 valence electrons. The number of rotatable bonds is 8. The first-order valence-electron chi connectivity index (χ1n) is 9.00. The molecular formula is C20H24ClN3O3. The van der Waals surface area contributed by atoms with Crippen molar-refractivity contribution in [3.05, 3.63) is 41.1 Å². The van der Waals surface area contributed by atoms with Crippen LogP contribution in [0.2, 0.25) is 5.02 Å². The number of hydrogen-bond acceptors (Lipinski definition) is 4.